The van der Waals surface area contributed by atoms with Crippen LogP contribution in [0.15, 0.2) is 54.7 Å². The first-order valence-electron chi connectivity index (χ1n) is 7.12. The summed E-state index contributed by atoms with van der Waals surface area (Å²) in [6.45, 7) is 0.0214. The second-order valence-electron chi connectivity index (χ2n) is 5.16. The lowest BCUT2D eigenvalue weighted by Gasteiger charge is -2.09. The minimum atomic E-state index is -0.524. The van der Waals surface area contributed by atoms with Crippen molar-refractivity contribution in [2.75, 3.05) is 0 Å². The normalized spacial score (nSPS) is 10.6. The third kappa shape index (κ3) is 3.55. The number of rotatable bonds is 3. The molecule has 1 heterocycles. The highest BCUT2D eigenvalue weighted by molar-refractivity contribution is 6.31. The molecular weight excluding hydrogens is 333 g/mol. The van der Waals surface area contributed by atoms with Crippen LogP contribution in [0.4, 0.5) is 4.39 Å². The topological polar surface area (TPSA) is 63.1 Å². The van der Waals surface area contributed by atoms with Gasteiger partial charge < -0.3 is 4.57 Å². The van der Waals surface area contributed by atoms with Crippen molar-refractivity contribution in [3.63, 3.8) is 0 Å². The molecule has 0 saturated heterocycles. The number of aromatic nitrogens is 1. The highest BCUT2D eigenvalue weighted by Gasteiger charge is 2.09. The Balaban J connectivity index is 1.62. The highest BCUT2D eigenvalue weighted by atomic mass is 35.5. The third-order valence-electron chi connectivity index (χ3n) is 3.47. The van der Waals surface area contributed by atoms with Crippen molar-refractivity contribution in [3.8, 4) is 0 Å². The Bertz CT molecular complexity index is 906. The predicted molar refractivity (Wildman–Crippen MR) is 89.0 cm³/mol. The monoisotopic (exact) mass is 345 g/mol. The molecule has 0 fully saturated rings. The van der Waals surface area contributed by atoms with Crippen LogP contribution >= 0.6 is 11.6 Å². The molecule has 0 saturated carbocycles. The Morgan fingerprint density at radius 1 is 1.04 bits per heavy atom. The smallest absolute Gasteiger partial charge is 0.269 e. The number of carbonyl (C=O) groups excluding carboxylic acids is 2. The molecule has 0 aliphatic rings. The van der Waals surface area contributed by atoms with Crippen molar-refractivity contribution in [3.05, 3.63) is 71.1 Å². The third-order valence-corrected chi connectivity index (χ3v) is 3.71. The molecule has 3 aromatic rings. The average Bonchev–Trinajstić information content (AvgIpc) is 2.95. The number of carbonyl (C=O) groups is 2. The summed E-state index contributed by atoms with van der Waals surface area (Å²) in [4.78, 5) is 23.8. The summed E-state index contributed by atoms with van der Waals surface area (Å²) in [6.07, 6.45) is 1.77. The molecule has 24 heavy (non-hydrogen) atoms. The van der Waals surface area contributed by atoms with Gasteiger partial charge in [-0.1, -0.05) is 17.7 Å². The van der Waals surface area contributed by atoms with Crippen LogP contribution in [0.5, 0.6) is 0 Å². The van der Waals surface area contributed by atoms with Gasteiger partial charge in [0.05, 0.1) is 0 Å². The number of fused-ring (bicyclic) bond motifs is 1. The number of benzene rings is 2. The molecule has 7 heteroatoms. The van der Waals surface area contributed by atoms with Gasteiger partial charge in [-0.3, -0.25) is 20.4 Å². The van der Waals surface area contributed by atoms with E-state index in [2.05, 4.69) is 10.9 Å². The van der Waals surface area contributed by atoms with Gasteiger partial charge in [0, 0.05) is 22.3 Å². The Kier molecular flexibility index (Phi) is 4.48. The van der Waals surface area contributed by atoms with Crippen molar-refractivity contribution in [1.29, 1.82) is 0 Å². The van der Waals surface area contributed by atoms with E-state index in [0.717, 1.165) is 10.9 Å². The van der Waals surface area contributed by atoms with E-state index in [1.165, 1.54) is 24.3 Å². The standard InChI is InChI=1S/C17H13ClFN3O2/c18-13-4-1-11-7-8-22(15(11)9-13)10-16(23)20-21-17(24)12-2-5-14(19)6-3-12/h1-9H,10H2,(H,20,23)(H,21,24). The van der Waals surface area contributed by atoms with Crippen LogP contribution in [-0.4, -0.2) is 16.4 Å². The number of nitrogens with zero attached hydrogens (tertiary/aromatic N) is 1. The minimum absolute atomic E-state index is 0.0214. The first kappa shape index (κ1) is 16.0. The molecule has 2 amide bonds. The van der Waals surface area contributed by atoms with Gasteiger partial charge in [0.1, 0.15) is 12.4 Å². The summed E-state index contributed by atoms with van der Waals surface area (Å²) >= 11 is 5.97. The zero-order valence-corrected chi connectivity index (χ0v) is 13.2. The zero-order valence-electron chi connectivity index (χ0n) is 12.4. The molecule has 0 spiro atoms. The summed E-state index contributed by atoms with van der Waals surface area (Å²) in [5.74, 6) is -1.36. The molecule has 0 radical (unpaired) electrons. The number of hydrazine groups is 1. The molecule has 0 aliphatic heterocycles. The number of amides is 2. The SMILES string of the molecule is O=C(Cn1ccc2ccc(Cl)cc21)NNC(=O)c1ccc(F)cc1. The van der Waals surface area contributed by atoms with Gasteiger partial charge in [-0.25, -0.2) is 4.39 Å². The second-order valence-corrected chi connectivity index (χ2v) is 5.59. The van der Waals surface area contributed by atoms with E-state index >= 15 is 0 Å². The molecule has 2 aromatic carbocycles. The maximum absolute atomic E-state index is 12.8. The molecule has 2 N–H and O–H groups in total. The van der Waals surface area contributed by atoms with Gasteiger partial charge in [-0.15, -0.1) is 0 Å². The molecule has 0 aliphatic carbocycles. The molecule has 1 aromatic heterocycles. The molecule has 0 unspecified atom stereocenters. The first-order chi connectivity index (χ1) is 11.5. The Morgan fingerprint density at radius 3 is 2.54 bits per heavy atom. The van der Waals surface area contributed by atoms with Gasteiger partial charge in [0.15, 0.2) is 0 Å². The zero-order chi connectivity index (χ0) is 17.1. The van der Waals surface area contributed by atoms with Crippen molar-refractivity contribution < 1.29 is 14.0 Å². The maximum atomic E-state index is 12.8. The number of hydrogen-bond donors (Lipinski definition) is 2. The summed E-state index contributed by atoms with van der Waals surface area (Å²) in [5, 5.41) is 1.54. The van der Waals surface area contributed by atoms with Crippen LogP contribution in [0, 0.1) is 5.82 Å². The number of halogens is 2. The summed E-state index contributed by atoms with van der Waals surface area (Å²) in [7, 11) is 0. The second kappa shape index (κ2) is 6.72. The van der Waals surface area contributed by atoms with Gasteiger partial charge in [0.25, 0.3) is 11.8 Å². The quantitative estimate of drug-likeness (QED) is 0.717. The molecular formula is C17H13ClFN3O2. The van der Waals surface area contributed by atoms with E-state index in [9.17, 15) is 14.0 Å². The summed E-state index contributed by atoms with van der Waals surface area (Å²) in [5.41, 5.74) is 5.68. The van der Waals surface area contributed by atoms with Crippen LogP contribution in [0.3, 0.4) is 0 Å². The average molecular weight is 346 g/mol. The Morgan fingerprint density at radius 2 is 1.79 bits per heavy atom. The van der Waals surface area contributed by atoms with Gasteiger partial charge in [0.2, 0.25) is 0 Å². The minimum Gasteiger partial charge on any atom is -0.338 e. The Hall–Kier alpha value is -2.86. The fourth-order valence-corrected chi connectivity index (χ4v) is 2.46. The van der Waals surface area contributed by atoms with Crippen LogP contribution in [0.25, 0.3) is 10.9 Å². The van der Waals surface area contributed by atoms with Crippen LogP contribution < -0.4 is 10.9 Å². The van der Waals surface area contributed by atoms with Gasteiger partial charge >= 0.3 is 0 Å². The summed E-state index contributed by atoms with van der Waals surface area (Å²) < 4.78 is 14.5. The lowest BCUT2D eigenvalue weighted by molar-refractivity contribution is -0.122. The van der Waals surface area contributed by atoms with E-state index in [1.807, 2.05) is 12.1 Å². The van der Waals surface area contributed by atoms with Crippen molar-refractivity contribution in [2.24, 2.45) is 0 Å². The molecule has 122 valence electrons. The van der Waals surface area contributed by atoms with Crippen LogP contribution in [-0.2, 0) is 11.3 Å². The number of nitrogens with one attached hydrogen (secondary N) is 2. The highest BCUT2D eigenvalue weighted by Crippen LogP contribution is 2.20. The Labute approximate surface area is 142 Å². The number of hydrogen-bond acceptors (Lipinski definition) is 2. The lowest BCUT2D eigenvalue weighted by Crippen LogP contribution is -2.43. The summed E-state index contributed by atoms with van der Waals surface area (Å²) in [6, 6.07) is 12.3. The van der Waals surface area contributed by atoms with Crippen molar-refractivity contribution in [2.45, 2.75) is 6.54 Å². The van der Waals surface area contributed by atoms with E-state index < -0.39 is 17.6 Å². The molecule has 0 bridgehead atoms. The van der Waals surface area contributed by atoms with E-state index in [-0.39, 0.29) is 12.1 Å². The van der Waals surface area contributed by atoms with Gasteiger partial charge in [-0.05, 0) is 47.9 Å². The molecule has 3 rings (SSSR count). The lowest BCUT2D eigenvalue weighted by atomic mass is 10.2. The van der Waals surface area contributed by atoms with Crippen molar-refractivity contribution in [1.82, 2.24) is 15.4 Å². The fourth-order valence-electron chi connectivity index (χ4n) is 2.29. The fraction of sp³-hybridized carbons (Fsp3) is 0.0588. The van der Waals surface area contributed by atoms with Crippen LogP contribution in [0.1, 0.15) is 10.4 Å². The van der Waals surface area contributed by atoms with E-state index in [4.69, 9.17) is 11.6 Å². The van der Waals surface area contributed by atoms with Crippen molar-refractivity contribution >= 4 is 34.3 Å². The predicted octanol–water partition coefficient (Wildman–Crippen LogP) is 2.90. The molecule has 0 atom stereocenters. The van der Waals surface area contributed by atoms with Crippen LogP contribution in [0.2, 0.25) is 5.02 Å². The van der Waals surface area contributed by atoms with E-state index in [0.29, 0.717) is 5.02 Å². The maximum Gasteiger partial charge on any atom is 0.269 e. The van der Waals surface area contributed by atoms with Gasteiger partial charge in [-0.2, -0.15) is 0 Å². The first-order valence-corrected chi connectivity index (χ1v) is 7.50. The van der Waals surface area contributed by atoms with E-state index in [1.54, 1.807) is 22.9 Å². The molecule has 5 nitrogen and oxygen atoms in total. The largest absolute Gasteiger partial charge is 0.338 e.